The van der Waals surface area contributed by atoms with Gasteiger partial charge in [0.15, 0.2) is 6.73 Å². The molecule has 7 nitrogen and oxygen atoms in total. The van der Waals surface area contributed by atoms with Crippen LogP contribution in [0.25, 0.3) is 34.0 Å². The highest BCUT2D eigenvalue weighted by atomic mass is 35.5. The molecule has 6 aromatic rings. The van der Waals surface area contributed by atoms with E-state index in [9.17, 15) is 0 Å². The summed E-state index contributed by atoms with van der Waals surface area (Å²) >= 11 is 0. The van der Waals surface area contributed by atoms with Gasteiger partial charge in [-0.25, -0.2) is 4.98 Å². The number of para-hydroxylation sites is 2. The van der Waals surface area contributed by atoms with Gasteiger partial charge in [-0.2, -0.15) is 4.68 Å². The third-order valence-electron chi connectivity index (χ3n) is 5.89. The Labute approximate surface area is 214 Å². The minimum absolute atomic E-state index is 0. The number of benzene rings is 3. The second-order valence-corrected chi connectivity index (χ2v) is 8.26. The molecule has 36 heavy (non-hydrogen) atoms. The van der Waals surface area contributed by atoms with Gasteiger partial charge in [0.2, 0.25) is 0 Å². The molecule has 178 valence electrons. The summed E-state index contributed by atoms with van der Waals surface area (Å²) in [7, 11) is 0. The fourth-order valence-electron chi connectivity index (χ4n) is 4.14. The lowest BCUT2D eigenvalue weighted by Gasteiger charge is -2.11. The number of hydrogen-bond acceptors (Lipinski definition) is 5. The van der Waals surface area contributed by atoms with E-state index in [1.807, 2.05) is 36.4 Å². The first kappa shape index (κ1) is 23.3. The van der Waals surface area contributed by atoms with Crippen LogP contribution in [0, 0.1) is 0 Å². The maximum absolute atomic E-state index is 6.00. The monoisotopic (exact) mass is 494 g/mol. The van der Waals surface area contributed by atoms with Crippen LogP contribution in [0.4, 0.5) is 0 Å². The van der Waals surface area contributed by atoms with E-state index in [2.05, 4.69) is 87.0 Å². The number of ether oxygens (including phenoxy) is 1. The molecule has 0 aliphatic rings. The summed E-state index contributed by atoms with van der Waals surface area (Å²) in [4.78, 5) is 4.71. The van der Waals surface area contributed by atoms with Crippen molar-refractivity contribution in [2.75, 3.05) is 0 Å². The third kappa shape index (κ3) is 4.96. The van der Waals surface area contributed by atoms with Crippen LogP contribution >= 0.6 is 12.4 Å². The first-order valence-corrected chi connectivity index (χ1v) is 11.4. The van der Waals surface area contributed by atoms with E-state index in [0.29, 0.717) is 0 Å². The molecule has 3 heterocycles. The molecule has 0 N–H and O–H groups in total. The van der Waals surface area contributed by atoms with E-state index >= 15 is 0 Å². The van der Waals surface area contributed by atoms with Crippen LogP contribution < -0.4 is 4.74 Å². The summed E-state index contributed by atoms with van der Waals surface area (Å²) < 4.78 is 9.75. The van der Waals surface area contributed by atoms with Crippen LogP contribution in [0.1, 0.15) is 16.8 Å². The predicted octanol–water partition coefficient (Wildman–Crippen LogP) is 5.85. The molecule has 0 aliphatic carbocycles. The topological polar surface area (TPSA) is 70.7 Å². The van der Waals surface area contributed by atoms with Crippen molar-refractivity contribution in [2.24, 2.45) is 0 Å². The second-order valence-electron chi connectivity index (χ2n) is 8.26. The van der Waals surface area contributed by atoms with E-state index in [1.54, 1.807) is 4.68 Å². The van der Waals surface area contributed by atoms with Crippen molar-refractivity contribution in [3.8, 4) is 5.75 Å². The van der Waals surface area contributed by atoms with E-state index in [-0.39, 0.29) is 19.1 Å². The lowest BCUT2D eigenvalue weighted by Crippen LogP contribution is -2.07. The lowest BCUT2D eigenvalue weighted by atomic mass is 10.1. The van der Waals surface area contributed by atoms with Crippen LogP contribution in [-0.2, 0) is 13.3 Å². The summed E-state index contributed by atoms with van der Waals surface area (Å²) in [6.07, 6.45) is 7.77. The van der Waals surface area contributed by atoms with Crippen molar-refractivity contribution < 1.29 is 4.74 Å². The van der Waals surface area contributed by atoms with Crippen molar-refractivity contribution in [1.29, 1.82) is 0 Å². The highest BCUT2D eigenvalue weighted by molar-refractivity contribution is 5.86. The fourth-order valence-corrected chi connectivity index (χ4v) is 4.14. The van der Waals surface area contributed by atoms with Gasteiger partial charge in [0.25, 0.3) is 0 Å². The molecule has 0 saturated heterocycles. The molecule has 0 aliphatic heterocycles. The van der Waals surface area contributed by atoms with E-state index < -0.39 is 0 Å². The first-order valence-electron chi connectivity index (χ1n) is 11.4. The standard InChI is InChI=1S/C28H22N6O.ClH/c1-2-6-26-23(4-1)13-15-25(30-26)14-12-21-8-10-22(11-9-21)18-33-17-16-24-5-3-7-27(28(24)33)35-20-34-19-29-31-32-34;/h1-17,19H,18,20H2;1H/b14-12+;. The summed E-state index contributed by atoms with van der Waals surface area (Å²) in [5.74, 6) is 0.797. The van der Waals surface area contributed by atoms with E-state index in [1.165, 1.54) is 11.9 Å². The zero-order valence-electron chi connectivity index (χ0n) is 19.3. The summed E-state index contributed by atoms with van der Waals surface area (Å²) in [6, 6.07) is 29.0. The molecule has 3 aromatic heterocycles. The van der Waals surface area contributed by atoms with Gasteiger partial charge in [-0.05, 0) is 51.9 Å². The van der Waals surface area contributed by atoms with Crippen LogP contribution in [0.5, 0.6) is 5.75 Å². The van der Waals surface area contributed by atoms with Crippen LogP contribution in [0.2, 0.25) is 0 Å². The molecule has 0 amide bonds. The molecular formula is C28H23ClN6O. The summed E-state index contributed by atoms with van der Waals surface area (Å²) in [6.45, 7) is 0.995. The average Bonchev–Trinajstić information content (AvgIpc) is 3.57. The number of rotatable bonds is 7. The fraction of sp³-hybridized carbons (Fsp3) is 0.0714. The Kier molecular flexibility index (Phi) is 6.73. The molecule has 3 aromatic carbocycles. The number of pyridine rings is 1. The lowest BCUT2D eigenvalue weighted by molar-refractivity contribution is 0.220. The maximum atomic E-state index is 6.00. The molecule has 0 fully saturated rings. The molecule has 6 rings (SSSR count). The largest absolute Gasteiger partial charge is 0.469 e. The molecule has 0 bridgehead atoms. The molecule has 8 heteroatoms. The van der Waals surface area contributed by atoms with Gasteiger partial charge in [-0.1, -0.05) is 66.7 Å². The Balaban J connectivity index is 0.00000267. The van der Waals surface area contributed by atoms with Gasteiger partial charge in [0.1, 0.15) is 12.1 Å². The Morgan fingerprint density at radius 3 is 2.53 bits per heavy atom. The molecule has 0 unspecified atom stereocenters. The molecule has 0 spiro atoms. The van der Waals surface area contributed by atoms with Gasteiger partial charge in [0.05, 0.1) is 16.7 Å². The van der Waals surface area contributed by atoms with Crippen LogP contribution in [-0.4, -0.2) is 29.8 Å². The van der Waals surface area contributed by atoms with Crippen LogP contribution in [0.15, 0.2) is 97.5 Å². The molecular weight excluding hydrogens is 472 g/mol. The highest BCUT2D eigenvalue weighted by Crippen LogP contribution is 2.28. The molecule has 0 saturated carbocycles. The second kappa shape index (κ2) is 10.4. The predicted molar refractivity (Wildman–Crippen MR) is 144 cm³/mol. The minimum atomic E-state index is 0. The van der Waals surface area contributed by atoms with E-state index in [0.717, 1.165) is 45.4 Å². The number of halogens is 1. The van der Waals surface area contributed by atoms with Crippen molar-refractivity contribution in [1.82, 2.24) is 29.8 Å². The number of fused-ring (bicyclic) bond motifs is 2. The SMILES string of the molecule is C(=C\c1ccc2ccccc2n1)/c1ccc(Cn2ccc3cccc(OCn4cnnn4)c32)cc1.Cl. The van der Waals surface area contributed by atoms with Crippen molar-refractivity contribution in [2.45, 2.75) is 13.3 Å². The van der Waals surface area contributed by atoms with Crippen LogP contribution in [0.3, 0.4) is 0 Å². The average molecular weight is 495 g/mol. The van der Waals surface area contributed by atoms with Crippen molar-refractivity contribution in [3.05, 3.63) is 114 Å². The maximum Gasteiger partial charge on any atom is 0.184 e. The number of tetrazole rings is 1. The number of nitrogens with zero attached hydrogens (tertiary/aromatic N) is 6. The van der Waals surface area contributed by atoms with Crippen molar-refractivity contribution in [3.63, 3.8) is 0 Å². The Morgan fingerprint density at radius 1 is 0.806 bits per heavy atom. The normalized spacial score (nSPS) is 11.2. The Morgan fingerprint density at radius 2 is 1.67 bits per heavy atom. The van der Waals surface area contributed by atoms with Gasteiger partial charge in [-0.3, -0.25) is 0 Å². The van der Waals surface area contributed by atoms with Gasteiger partial charge in [0, 0.05) is 23.5 Å². The Bertz CT molecular complexity index is 1620. The number of hydrogen-bond donors (Lipinski definition) is 0. The first-order chi connectivity index (χ1) is 17.3. The van der Waals surface area contributed by atoms with E-state index in [4.69, 9.17) is 9.72 Å². The summed E-state index contributed by atoms with van der Waals surface area (Å²) in [5.41, 5.74) is 5.34. The third-order valence-corrected chi connectivity index (χ3v) is 5.89. The Hall–Kier alpha value is -4.49. The van der Waals surface area contributed by atoms with Crippen molar-refractivity contribution >= 4 is 46.4 Å². The smallest absolute Gasteiger partial charge is 0.184 e. The zero-order chi connectivity index (χ0) is 23.5. The van der Waals surface area contributed by atoms with Gasteiger partial charge >= 0.3 is 0 Å². The van der Waals surface area contributed by atoms with Gasteiger partial charge < -0.3 is 9.30 Å². The highest BCUT2D eigenvalue weighted by Gasteiger charge is 2.09. The molecule has 0 radical (unpaired) electrons. The van der Waals surface area contributed by atoms with Gasteiger partial charge in [-0.15, -0.1) is 17.5 Å². The summed E-state index contributed by atoms with van der Waals surface area (Å²) in [5, 5.41) is 13.4. The quantitative estimate of drug-likeness (QED) is 0.278. The zero-order valence-corrected chi connectivity index (χ0v) is 20.1. The number of aromatic nitrogens is 6. The minimum Gasteiger partial charge on any atom is -0.469 e. The molecule has 0 atom stereocenters.